The molecule has 0 heterocycles. The van der Waals surface area contributed by atoms with Gasteiger partial charge in [-0.25, -0.2) is 0 Å². The molecule has 0 aliphatic heterocycles. The fourth-order valence-corrected chi connectivity index (χ4v) is 5.07. The van der Waals surface area contributed by atoms with Crippen LogP contribution in [-0.4, -0.2) is 35.4 Å². The van der Waals surface area contributed by atoms with Crippen LogP contribution in [0.1, 0.15) is 63.5 Å². The predicted molar refractivity (Wildman–Crippen MR) is 141 cm³/mol. The van der Waals surface area contributed by atoms with E-state index in [1.165, 1.54) is 4.90 Å². The zero-order valence-electron chi connectivity index (χ0n) is 19.7. The maximum Gasteiger partial charge on any atom is 0.261 e. The number of nitrogens with zero attached hydrogens (tertiary/aromatic N) is 1. The van der Waals surface area contributed by atoms with Crippen LogP contribution in [0.15, 0.2) is 40.9 Å². The van der Waals surface area contributed by atoms with Gasteiger partial charge < -0.3 is 15.0 Å². The molecule has 34 heavy (non-hydrogen) atoms. The molecule has 8 heteroatoms. The molecule has 1 unspecified atom stereocenters. The van der Waals surface area contributed by atoms with Gasteiger partial charge in [0.15, 0.2) is 6.61 Å². The third-order valence-corrected chi connectivity index (χ3v) is 7.56. The van der Waals surface area contributed by atoms with E-state index in [2.05, 4.69) is 35.1 Å². The first-order valence-electron chi connectivity index (χ1n) is 11.6. The van der Waals surface area contributed by atoms with Crippen LogP contribution in [0.25, 0.3) is 0 Å². The number of rotatable bonds is 9. The molecule has 1 saturated carbocycles. The topological polar surface area (TPSA) is 58.6 Å². The van der Waals surface area contributed by atoms with Gasteiger partial charge in [-0.1, -0.05) is 62.0 Å². The SMILES string of the molecule is CC(C)c1ccc(OCC(=O)N(Cc2c(Cl)cccc2Cl)C(C)C(=O)NC2CCCC2)c(Br)c1. The van der Waals surface area contributed by atoms with E-state index in [0.717, 1.165) is 35.7 Å². The van der Waals surface area contributed by atoms with E-state index in [1.54, 1.807) is 25.1 Å². The molecule has 0 radical (unpaired) electrons. The van der Waals surface area contributed by atoms with Crippen molar-refractivity contribution in [1.29, 1.82) is 0 Å². The Balaban J connectivity index is 1.77. The van der Waals surface area contributed by atoms with Crippen LogP contribution in [0.5, 0.6) is 5.75 Å². The van der Waals surface area contributed by atoms with Crippen LogP contribution in [0, 0.1) is 0 Å². The van der Waals surface area contributed by atoms with E-state index in [-0.39, 0.29) is 31.0 Å². The van der Waals surface area contributed by atoms with Crippen LogP contribution >= 0.6 is 39.1 Å². The highest BCUT2D eigenvalue weighted by molar-refractivity contribution is 9.10. The summed E-state index contributed by atoms with van der Waals surface area (Å²) in [5.41, 5.74) is 1.76. The largest absolute Gasteiger partial charge is 0.483 e. The Morgan fingerprint density at radius 3 is 2.35 bits per heavy atom. The van der Waals surface area contributed by atoms with E-state index in [1.807, 2.05) is 18.2 Å². The number of hydrogen-bond acceptors (Lipinski definition) is 3. The molecular formula is C26H31BrCl2N2O3. The number of amides is 2. The van der Waals surface area contributed by atoms with Gasteiger partial charge in [0.05, 0.1) is 4.47 Å². The summed E-state index contributed by atoms with van der Waals surface area (Å²) < 4.78 is 6.62. The minimum atomic E-state index is -0.712. The monoisotopic (exact) mass is 568 g/mol. The van der Waals surface area contributed by atoms with E-state index in [9.17, 15) is 9.59 Å². The normalized spacial score (nSPS) is 14.8. The molecule has 1 atom stereocenters. The van der Waals surface area contributed by atoms with Gasteiger partial charge in [-0.05, 0) is 71.4 Å². The van der Waals surface area contributed by atoms with Gasteiger partial charge in [-0.2, -0.15) is 0 Å². The maximum atomic E-state index is 13.3. The molecule has 0 saturated heterocycles. The Bertz CT molecular complexity index is 1000. The van der Waals surface area contributed by atoms with Crippen LogP contribution in [0.3, 0.4) is 0 Å². The summed E-state index contributed by atoms with van der Waals surface area (Å²) >= 11 is 16.3. The van der Waals surface area contributed by atoms with E-state index >= 15 is 0 Å². The zero-order chi connectivity index (χ0) is 24.8. The molecule has 1 aliphatic carbocycles. The maximum absolute atomic E-state index is 13.3. The molecule has 0 spiro atoms. The third-order valence-electron chi connectivity index (χ3n) is 6.23. The Kier molecular flexibility index (Phi) is 9.69. The average Bonchev–Trinajstić information content (AvgIpc) is 3.30. The molecule has 1 fully saturated rings. The Labute approximate surface area is 220 Å². The lowest BCUT2D eigenvalue weighted by atomic mass is 10.0. The van der Waals surface area contributed by atoms with E-state index in [4.69, 9.17) is 27.9 Å². The number of ether oxygens (including phenoxy) is 1. The van der Waals surface area contributed by atoms with Crippen molar-refractivity contribution in [3.63, 3.8) is 0 Å². The van der Waals surface area contributed by atoms with Crippen molar-refractivity contribution in [2.24, 2.45) is 0 Å². The molecular weight excluding hydrogens is 539 g/mol. The lowest BCUT2D eigenvalue weighted by molar-refractivity contribution is -0.142. The van der Waals surface area contributed by atoms with Gasteiger partial charge in [-0.3, -0.25) is 9.59 Å². The van der Waals surface area contributed by atoms with Crippen LogP contribution < -0.4 is 10.1 Å². The second kappa shape index (κ2) is 12.3. The first kappa shape index (κ1) is 26.8. The van der Waals surface area contributed by atoms with Crippen molar-refractivity contribution in [2.45, 2.75) is 71.0 Å². The highest BCUT2D eigenvalue weighted by atomic mass is 79.9. The molecule has 184 valence electrons. The van der Waals surface area contributed by atoms with Crippen LogP contribution in [0.2, 0.25) is 10.0 Å². The smallest absolute Gasteiger partial charge is 0.261 e. The minimum Gasteiger partial charge on any atom is -0.483 e. The number of nitrogens with one attached hydrogen (secondary N) is 1. The second-order valence-electron chi connectivity index (χ2n) is 9.02. The predicted octanol–water partition coefficient (Wildman–Crippen LogP) is 6.73. The van der Waals surface area contributed by atoms with E-state index in [0.29, 0.717) is 27.3 Å². The third kappa shape index (κ3) is 6.89. The van der Waals surface area contributed by atoms with E-state index < -0.39 is 6.04 Å². The Morgan fingerprint density at radius 2 is 1.76 bits per heavy atom. The summed E-state index contributed by atoms with van der Waals surface area (Å²) in [6.07, 6.45) is 4.14. The minimum absolute atomic E-state index is 0.105. The Hall–Kier alpha value is -1.76. The van der Waals surface area contributed by atoms with Crippen molar-refractivity contribution in [1.82, 2.24) is 10.2 Å². The number of carbonyl (C=O) groups excluding carboxylic acids is 2. The highest BCUT2D eigenvalue weighted by Crippen LogP contribution is 2.30. The summed E-state index contributed by atoms with van der Waals surface area (Å²) in [4.78, 5) is 27.8. The Morgan fingerprint density at radius 1 is 1.12 bits per heavy atom. The zero-order valence-corrected chi connectivity index (χ0v) is 22.8. The summed E-state index contributed by atoms with van der Waals surface area (Å²) in [6, 6.07) is 10.4. The van der Waals surface area contributed by atoms with Crippen molar-refractivity contribution in [2.75, 3.05) is 6.61 Å². The molecule has 0 bridgehead atoms. The quantitative estimate of drug-likeness (QED) is 0.364. The molecule has 2 amide bonds. The standard InChI is InChI=1S/C26H31BrCl2N2O3/c1-16(2)18-11-12-24(21(27)13-18)34-15-25(32)31(14-20-22(28)9-6-10-23(20)29)17(3)26(33)30-19-7-4-5-8-19/h6,9-13,16-17,19H,4-5,7-8,14-15H2,1-3H3,(H,30,33). The highest BCUT2D eigenvalue weighted by Gasteiger charge is 2.29. The first-order chi connectivity index (χ1) is 16.2. The molecule has 5 nitrogen and oxygen atoms in total. The molecule has 1 aliphatic rings. The van der Waals surface area contributed by atoms with Crippen molar-refractivity contribution >= 4 is 50.9 Å². The van der Waals surface area contributed by atoms with Crippen LogP contribution in [-0.2, 0) is 16.1 Å². The number of hydrogen-bond donors (Lipinski definition) is 1. The van der Waals surface area contributed by atoms with Gasteiger partial charge in [-0.15, -0.1) is 0 Å². The summed E-state index contributed by atoms with van der Waals surface area (Å²) in [6.45, 7) is 5.83. The molecule has 3 rings (SSSR count). The first-order valence-corrected chi connectivity index (χ1v) is 13.2. The summed E-state index contributed by atoms with van der Waals surface area (Å²) in [5, 5.41) is 3.97. The summed E-state index contributed by atoms with van der Waals surface area (Å²) in [7, 11) is 0. The molecule has 1 N–H and O–H groups in total. The fourth-order valence-electron chi connectivity index (χ4n) is 4.04. The fraction of sp³-hybridized carbons (Fsp3) is 0.462. The van der Waals surface area contributed by atoms with Gasteiger partial charge in [0.2, 0.25) is 5.91 Å². The number of benzene rings is 2. The van der Waals surface area contributed by atoms with Gasteiger partial charge in [0.25, 0.3) is 5.91 Å². The van der Waals surface area contributed by atoms with Crippen LogP contribution in [0.4, 0.5) is 0 Å². The molecule has 2 aromatic rings. The average molecular weight is 570 g/mol. The second-order valence-corrected chi connectivity index (χ2v) is 10.7. The summed E-state index contributed by atoms with van der Waals surface area (Å²) in [5.74, 6) is 0.425. The lowest BCUT2D eigenvalue weighted by Crippen LogP contribution is -2.50. The van der Waals surface area contributed by atoms with Gasteiger partial charge in [0, 0.05) is 28.2 Å². The van der Waals surface area contributed by atoms with Gasteiger partial charge in [0.1, 0.15) is 11.8 Å². The van der Waals surface area contributed by atoms with Crippen molar-refractivity contribution < 1.29 is 14.3 Å². The number of halogens is 3. The molecule has 2 aromatic carbocycles. The lowest BCUT2D eigenvalue weighted by Gasteiger charge is -2.30. The molecule has 0 aromatic heterocycles. The van der Waals surface area contributed by atoms with Crippen molar-refractivity contribution in [3.8, 4) is 5.75 Å². The van der Waals surface area contributed by atoms with Crippen molar-refractivity contribution in [3.05, 3.63) is 62.0 Å². The number of carbonyl (C=O) groups is 2. The van der Waals surface area contributed by atoms with Gasteiger partial charge >= 0.3 is 0 Å².